The van der Waals surface area contributed by atoms with Crippen molar-refractivity contribution in [2.45, 2.75) is 44.6 Å². The summed E-state index contributed by atoms with van der Waals surface area (Å²) in [6.45, 7) is 4.18. The van der Waals surface area contributed by atoms with Crippen molar-refractivity contribution in [1.29, 1.82) is 0 Å². The zero-order chi connectivity index (χ0) is 22.9. The Bertz CT molecular complexity index is 925. The van der Waals surface area contributed by atoms with Crippen molar-refractivity contribution in [2.24, 2.45) is 10.9 Å². The number of aliphatic imine (C=N–C) groups is 1. The van der Waals surface area contributed by atoms with Crippen LogP contribution >= 0.6 is 11.6 Å². The molecule has 2 aliphatic rings. The van der Waals surface area contributed by atoms with Crippen LogP contribution in [0.5, 0.6) is 0 Å². The molecule has 0 unspecified atom stereocenters. The molecule has 3 heterocycles. The highest BCUT2D eigenvalue weighted by Gasteiger charge is 2.18. The second kappa shape index (κ2) is 12.4. The minimum absolute atomic E-state index is 0.529. The molecule has 1 aliphatic heterocycles. The fourth-order valence-corrected chi connectivity index (χ4v) is 4.48. The van der Waals surface area contributed by atoms with Crippen molar-refractivity contribution in [1.82, 2.24) is 20.3 Å². The van der Waals surface area contributed by atoms with E-state index >= 15 is 0 Å². The highest BCUT2D eigenvalue weighted by atomic mass is 35.5. The second-order valence-corrected chi connectivity index (χ2v) is 9.05. The smallest absolute Gasteiger partial charge is 0.152 e. The van der Waals surface area contributed by atoms with Gasteiger partial charge in [0.2, 0.25) is 0 Å². The third kappa shape index (κ3) is 7.17. The van der Waals surface area contributed by atoms with Gasteiger partial charge in [0, 0.05) is 63.0 Å². The first-order chi connectivity index (χ1) is 16.2. The van der Waals surface area contributed by atoms with E-state index in [1.54, 1.807) is 19.6 Å². The third-order valence-electron chi connectivity index (χ3n) is 6.27. The van der Waals surface area contributed by atoms with E-state index < -0.39 is 0 Å². The first kappa shape index (κ1) is 24.0. The largest absolute Gasteiger partial charge is 0.383 e. The Labute approximate surface area is 200 Å². The van der Waals surface area contributed by atoms with E-state index in [2.05, 4.69) is 25.6 Å². The van der Waals surface area contributed by atoms with Crippen molar-refractivity contribution in [3.63, 3.8) is 0 Å². The average Bonchev–Trinajstić information content (AvgIpc) is 2.86. The van der Waals surface area contributed by atoms with E-state index in [9.17, 15) is 0 Å². The van der Waals surface area contributed by atoms with Crippen LogP contribution in [0.3, 0.4) is 0 Å². The first-order valence-corrected chi connectivity index (χ1v) is 12.2. The second-order valence-electron chi connectivity index (χ2n) is 8.65. The minimum Gasteiger partial charge on any atom is -0.383 e. The lowest BCUT2D eigenvalue weighted by Gasteiger charge is -2.24. The fourth-order valence-electron chi connectivity index (χ4n) is 4.28. The number of methoxy groups -OCH3 is 1. The van der Waals surface area contributed by atoms with Gasteiger partial charge < -0.3 is 20.1 Å². The van der Waals surface area contributed by atoms with Crippen LogP contribution in [0.15, 0.2) is 29.6 Å². The number of rotatable bonds is 9. The summed E-state index contributed by atoms with van der Waals surface area (Å²) in [6, 6.07) is 4.39. The molecule has 178 valence electrons. The molecule has 0 bridgehead atoms. The summed E-state index contributed by atoms with van der Waals surface area (Å²) >= 11 is 6.48. The van der Waals surface area contributed by atoms with E-state index in [4.69, 9.17) is 26.1 Å². The number of nitrogens with zero attached hydrogens (tertiary/aromatic N) is 4. The minimum atomic E-state index is 0.529. The van der Waals surface area contributed by atoms with Gasteiger partial charge in [-0.2, -0.15) is 0 Å². The quantitative estimate of drug-likeness (QED) is 0.526. The van der Waals surface area contributed by atoms with Crippen molar-refractivity contribution in [3.05, 3.63) is 29.7 Å². The monoisotopic (exact) mass is 472 g/mol. The van der Waals surface area contributed by atoms with E-state index in [-0.39, 0.29) is 0 Å². The van der Waals surface area contributed by atoms with Crippen LogP contribution in [-0.4, -0.2) is 66.7 Å². The van der Waals surface area contributed by atoms with Crippen LogP contribution in [-0.2, 0) is 9.47 Å². The maximum Gasteiger partial charge on any atom is 0.152 e. The molecule has 33 heavy (non-hydrogen) atoms. The van der Waals surface area contributed by atoms with Crippen LogP contribution in [0.25, 0.3) is 11.3 Å². The van der Waals surface area contributed by atoms with Crippen molar-refractivity contribution >= 4 is 28.9 Å². The molecule has 2 N–H and O–H groups in total. The van der Waals surface area contributed by atoms with E-state index in [0.29, 0.717) is 22.8 Å². The fraction of sp³-hybridized carbons (Fsp3) is 0.583. The molecule has 2 aromatic rings. The Kier molecular flexibility index (Phi) is 9.00. The van der Waals surface area contributed by atoms with Gasteiger partial charge in [0.1, 0.15) is 12.1 Å². The first-order valence-electron chi connectivity index (χ1n) is 11.8. The Morgan fingerprint density at radius 2 is 1.94 bits per heavy atom. The maximum atomic E-state index is 6.48. The summed E-state index contributed by atoms with van der Waals surface area (Å²) in [5, 5.41) is 7.54. The molecule has 1 aliphatic carbocycles. The molecule has 1 saturated heterocycles. The number of anilines is 1. The molecule has 0 atom stereocenters. The molecule has 0 amide bonds. The zero-order valence-corrected chi connectivity index (χ0v) is 20.0. The molecule has 0 spiro atoms. The number of halogens is 1. The molecule has 0 radical (unpaired) electrons. The maximum absolute atomic E-state index is 6.48. The summed E-state index contributed by atoms with van der Waals surface area (Å²) in [5.74, 6) is 2.08. The van der Waals surface area contributed by atoms with E-state index in [1.165, 1.54) is 5.71 Å². The molecule has 1 saturated carbocycles. The van der Waals surface area contributed by atoms with Crippen LogP contribution in [0.2, 0.25) is 5.02 Å². The van der Waals surface area contributed by atoms with Gasteiger partial charge in [-0.1, -0.05) is 11.6 Å². The number of nitrogens with one attached hydrogen (secondary N) is 2. The summed E-state index contributed by atoms with van der Waals surface area (Å²) < 4.78 is 10.6. The van der Waals surface area contributed by atoms with Gasteiger partial charge in [-0.15, -0.1) is 0 Å². The number of hydrogen-bond donors (Lipinski definition) is 2. The summed E-state index contributed by atoms with van der Waals surface area (Å²) in [6.07, 6.45) is 9.49. The molecule has 0 aromatic carbocycles. The molecular formula is C24H33ClN6O2. The highest BCUT2D eigenvalue weighted by Crippen LogP contribution is 2.30. The van der Waals surface area contributed by atoms with E-state index in [1.807, 2.05) is 12.1 Å². The number of ether oxygens (including phenoxy) is 2. The highest BCUT2D eigenvalue weighted by molar-refractivity contribution is 6.33. The Balaban J connectivity index is 1.39. The zero-order valence-electron chi connectivity index (χ0n) is 19.2. The molecule has 2 fully saturated rings. The lowest BCUT2D eigenvalue weighted by molar-refractivity contribution is 0.0699. The van der Waals surface area contributed by atoms with E-state index in [0.717, 1.165) is 88.5 Å². The summed E-state index contributed by atoms with van der Waals surface area (Å²) in [4.78, 5) is 18.1. The van der Waals surface area contributed by atoms with Gasteiger partial charge in [0.05, 0.1) is 17.3 Å². The molecule has 8 nitrogen and oxygen atoms in total. The van der Waals surface area contributed by atoms with Crippen LogP contribution in [0.1, 0.15) is 38.5 Å². The van der Waals surface area contributed by atoms with Gasteiger partial charge in [-0.3, -0.25) is 0 Å². The Morgan fingerprint density at radius 3 is 2.73 bits per heavy atom. The standard InChI is InChI=1S/C24H33ClN6O2/c1-32-11-8-26-18-2-4-19(5-3-18)31-24-12-20(21(25)15-28-24)22-13-23(30-16-29-22)27-14-17-6-9-33-10-7-17/h12-13,15-18,26H,2-11,14H2,1H3,(H,27,29,30). The summed E-state index contributed by atoms with van der Waals surface area (Å²) in [7, 11) is 1.73. The Morgan fingerprint density at radius 1 is 1.12 bits per heavy atom. The molecule has 9 heteroatoms. The number of hydrogen-bond acceptors (Lipinski definition) is 8. The van der Waals surface area contributed by atoms with Gasteiger partial charge in [-0.25, -0.2) is 19.9 Å². The van der Waals surface area contributed by atoms with Crippen molar-refractivity contribution in [2.75, 3.05) is 45.3 Å². The number of pyridine rings is 1. The normalized spacial score (nSPS) is 19.5. The van der Waals surface area contributed by atoms with Crippen LogP contribution in [0.4, 0.5) is 11.6 Å². The van der Waals surface area contributed by atoms with Crippen molar-refractivity contribution in [3.8, 4) is 11.3 Å². The van der Waals surface area contributed by atoms with Crippen molar-refractivity contribution < 1.29 is 9.47 Å². The van der Waals surface area contributed by atoms with Crippen LogP contribution < -0.4 is 10.6 Å². The van der Waals surface area contributed by atoms with Gasteiger partial charge in [0.15, 0.2) is 5.82 Å². The van der Waals surface area contributed by atoms with Gasteiger partial charge in [-0.05, 0) is 50.5 Å². The lowest BCUT2D eigenvalue weighted by atomic mass is 9.93. The molecule has 2 aromatic heterocycles. The predicted octanol–water partition coefficient (Wildman–Crippen LogP) is 4.28. The topological polar surface area (TPSA) is 93.5 Å². The number of aromatic nitrogens is 3. The molecular weight excluding hydrogens is 440 g/mol. The van der Waals surface area contributed by atoms with Crippen LogP contribution in [0, 0.1) is 5.92 Å². The molecule has 4 rings (SSSR count). The lowest BCUT2D eigenvalue weighted by Crippen LogP contribution is -2.35. The summed E-state index contributed by atoms with van der Waals surface area (Å²) in [5.41, 5.74) is 2.76. The average molecular weight is 473 g/mol. The Hall–Kier alpha value is -2.13. The SMILES string of the molecule is COCCNC1CCC(=Nc2cc(-c3cc(NCC4CCOCC4)ncn3)c(Cl)cn2)CC1. The third-order valence-corrected chi connectivity index (χ3v) is 6.57. The van der Waals surface area contributed by atoms with Gasteiger partial charge in [0.25, 0.3) is 0 Å². The predicted molar refractivity (Wildman–Crippen MR) is 132 cm³/mol. The van der Waals surface area contributed by atoms with Gasteiger partial charge >= 0.3 is 0 Å².